The topological polar surface area (TPSA) is 29.0 Å². The van der Waals surface area contributed by atoms with E-state index < -0.39 is 0 Å². The Labute approximate surface area is 106 Å². The molecule has 94 valence electrons. The number of halogens is 1. The number of hydrogen-bond donors (Lipinski definition) is 0. The number of anilines is 1. The van der Waals surface area contributed by atoms with Gasteiger partial charge in [-0.25, -0.2) is 14.4 Å². The minimum atomic E-state index is -0.233. The van der Waals surface area contributed by atoms with E-state index in [1.54, 1.807) is 12.4 Å². The van der Waals surface area contributed by atoms with Crippen molar-refractivity contribution in [3.8, 4) is 0 Å². The van der Waals surface area contributed by atoms with Gasteiger partial charge in [-0.1, -0.05) is 0 Å². The van der Waals surface area contributed by atoms with Gasteiger partial charge in [0.15, 0.2) is 0 Å². The number of benzene rings is 1. The van der Waals surface area contributed by atoms with Gasteiger partial charge in [0.2, 0.25) is 0 Å². The van der Waals surface area contributed by atoms with Crippen LogP contribution in [0.4, 0.5) is 10.2 Å². The smallest absolute Gasteiger partial charge is 0.140 e. The van der Waals surface area contributed by atoms with E-state index in [2.05, 4.69) is 21.8 Å². The van der Waals surface area contributed by atoms with Gasteiger partial charge in [-0.15, -0.1) is 0 Å². The molecule has 0 bridgehead atoms. The van der Waals surface area contributed by atoms with Crippen LogP contribution in [0.15, 0.2) is 24.5 Å². The molecule has 3 rings (SSSR count). The van der Waals surface area contributed by atoms with Crippen molar-refractivity contribution in [2.45, 2.75) is 32.2 Å². The maximum atomic E-state index is 13.4. The molecule has 3 nitrogen and oxygen atoms in total. The third kappa shape index (κ3) is 1.92. The van der Waals surface area contributed by atoms with E-state index in [1.807, 2.05) is 0 Å². The average molecular weight is 245 g/mol. The molecule has 1 aromatic carbocycles. The lowest BCUT2D eigenvalue weighted by molar-refractivity contribution is 0.482. The Morgan fingerprint density at radius 2 is 2.17 bits per heavy atom. The highest BCUT2D eigenvalue weighted by atomic mass is 19.1. The predicted molar refractivity (Wildman–Crippen MR) is 70.2 cm³/mol. The standard InChI is InChI=1S/C14H16FN3/c1-10-4-2-3-7-18(10)14-12-8-11(15)5-6-13(12)16-9-17-14/h5-6,8-10H,2-4,7H2,1H3. The van der Waals surface area contributed by atoms with Gasteiger partial charge in [-0.2, -0.15) is 0 Å². The van der Waals surface area contributed by atoms with Gasteiger partial charge in [0.25, 0.3) is 0 Å². The summed E-state index contributed by atoms with van der Waals surface area (Å²) in [7, 11) is 0. The summed E-state index contributed by atoms with van der Waals surface area (Å²) in [6.45, 7) is 3.19. The number of fused-ring (bicyclic) bond motifs is 1. The summed E-state index contributed by atoms with van der Waals surface area (Å²) in [5, 5.41) is 0.811. The van der Waals surface area contributed by atoms with Crippen molar-refractivity contribution in [1.82, 2.24) is 9.97 Å². The van der Waals surface area contributed by atoms with E-state index in [1.165, 1.54) is 31.4 Å². The van der Waals surface area contributed by atoms with Crippen LogP contribution in [0, 0.1) is 5.82 Å². The third-order valence-electron chi connectivity index (χ3n) is 3.65. The van der Waals surface area contributed by atoms with Crippen molar-refractivity contribution < 1.29 is 4.39 Å². The molecule has 1 aliphatic heterocycles. The summed E-state index contributed by atoms with van der Waals surface area (Å²) in [6.07, 6.45) is 5.16. The Morgan fingerprint density at radius 3 is 3.00 bits per heavy atom. The van der Waals surface area contributed by atoms with Crippen LogP contribution in [0.5, 0.6) is 0 Å². The maximum absolute atomic E-state index is 13.4. The van der Waals surface area contributed by atoms with Gasteiger partial charge in [-0.05, 0) is 44.4 Å². The first-order valence-corrected chi connectivity index (χ1v) is 6.42. The Kier molecular flexibility index (Phi) is 2.86. The van der Waals surface area contributed by atoms with E-state index in [-0.39, 0.29) is 5.82 Å². The van der Waals surface area contributed by atoms with Gasteiger partial charge >= 0.3 is 0 Å². The molecule has 18 heavy (non-hydrogen) atoms. The Bertz CT molecular complexity index is 570. The van der Waals surface area contributed by atoms with Crippen LogP contribution in [0.1, 0.15) is 26.2 Å². The highest BCUT2D eigenvalue weighted by molar-refractivity contribution is 5.89. The van der Waals surface area contributed by atoms with Crippen molar-refractivity contribution in [2.75, 3.05) is 11.4 Å². The molecule has 0 amide bonds. The molecule has 1 aromatic heterocycles. The van der Waals surface area contributed by atoms with Crippen molar-refractivity contribution in [3.05, 3.63) is 30.3 Å². The van der Waals surface area contributed by atoms with Crippen LogP contribution in [0.25, 0.3) is 10.9 Å². The quantitative estimate of drug-likeness (QED) is 0.772. The number of nitrogens with zero attached hydrogens (tertiary/aromatic N) is 3. The Hall–Kier alpha value is -1.71. The summed E-state index contributed by atoms with van der Waals surface area (Å²) in [5.74, 6) is 0.634. The fourth-order valence-corrected chi connectivity index (χ4v) is 2.66. The Balaban J connectivity index is 2.12. The molecule has 0 N–H and O–H groups in total. The lowest BCUT2D eigenvalue weighted by atomic mass is 10.0. The van der Waals surface area contributed by atoms with E-state index >= 15 is 0 Å². The van der Waals surface area contributed by atoms with E-state index in [0.29, 0.717) is 6.04 Å². The SMILES string of the molecule is CC1CCCCN1c1ncnc2ccc(F)cc12. The number of aromatic nitrogens is 2. The first-order valence-electron chi connectivity index (χ1n) is 6.42. The minimum Gasteiger partial charge on any atom is -0.353 e. The van der Waals surface area contributed by atoms with Crippen LogP contribution in [-0.2, 0) is 0 Å². The third-order valence-corrected chi connectivity index (χ3v) is 3.65. The fraction of sp³-hybridized carbons (Fsp3) is 0.429. The second-order valence-electron chi connectivity index (χ2n) is 4.90. The number of piperidine rings is 1. The highest BCUT2D eigenvalue weighted by Crippen LogP contribution is 2.28. The summed E-state index contributed by atoms with van der Waals surface area (Å²) in [6, 6.07) is 5.15. The summed E-state index contributed by atoms with van der Waals surface area (Å²) in [5.41, 5.74) is 0.805. The van der Waals surface area contributed by atoms with Crippen LogP contribution < -0.4 is 4.90 Å². The summed E-state index contributed by atoms with van der Waals surface area (Å²) in [4.78, 5) is 10.8. The van der Waals surface area contributed by atoms with Crippen molar-refractivity contribution in [1.29, 1.82) is 0 Å². The van der Waals surface area contributed by atoms with Gasteiger partial charge in [0.05, 0.1) is 5.52 Å². The molecule has 0 aliphatic carbocycles. The number of rotatable bonds is 1. The first-order chi connectivity index (χ1) is 8.75. The van der Waals surface area contributed by atoms with Gasteiger partial charge in [0.1, 0.15) is 18.0 Å². The molecule has 1 saturated heterocycles. The zero-order chi connectivity index (χ0) is 12.5. The molecule has 0 radical (unpaired) electrons. The lowest BCUT2D eigenvalue weighted by Crippen LogP contribution is -2.38. The zero-order valence-electron chi connectivity index (χ0n) is 10.4. The van der Waals surface area contributed by atoms with Gasteiger partial charge in [0, 0.05) is 18.0 Å². The molecule has 2 aromatic rings. The lowest BCUT2D eigenvalue weighted by Gasteiger charge is -2.34. The van der Waals surface area contributed by atoms with Crippen LogP contribution in [0.3, 0.4) is 0 Å². The van der Waals surface area contributed by atoms with Crippen LogP contribution >= 0.6 is 0 Å². The van der Waals surface area contributed by atoms with Crippen LogP contribution in [-0.4, -0.2) is 22.6 Å². The van der Waals surface area contributed by atoms with Crippen LogP contribution in [0.2, 0.25) is 0 Å². The number of hydrogen-bond acceptors (Lipinski definition) is 3. The molecule has 0 saturated carbocycles. The first kappa shape index (κ1) is 11.4. The molecular weight excluding hydrogens is 229 g/mol. The molecule has 0 spiro atoms. The summed E-state index contributed by atoms with van der Waals surface area (Å²) < 4.78 is 13.4. The average Bonchev–Trinajstić information content (AvgIpc) is 2.39. The van der Waals surface area contributed by atoms with E-state index in [0.717, 1.165) is 23.3 Å². The molecule has 2 heterocycles. The largest absolute Gasteiger partial charge is 0.353 e. The van der Waals surface area contributed by atoms with E-state index in [9.17, 15) is 4.39 Å². The molecule has 1 unspecified atom stereocenters. The Morgan fingerprint density at radius 1 is 1.28 bits per heavy atom. The monoisotopic (exact) mass is 245 g/mol. The molecule has 1 fully saturated rings. The van der Waals surface area contributed by atoms with Gasteiger partial charge in [-0.3, -0.25) is 0 Å². The normalized spacial score (nSPS) is 20.3. The molecule has 1 atom stereocenters. The fourth-order valence-electron chi connectivity index (χ4n) is 2.66. The summed E-state index contributed by atoms with van der Waals surface area (Å²) >= 11 is 0. The molecule has 4 heteroatoms. The minimum absolute atomic E-state index is 0.233. The molecule has 1 aliphatic rings. The highest BCUT2D eigenvalue weighted by Gasteiger charge is 2.21. The second kappa shape index (κ2) is 4.52. The van der Waals surface area contributed by atoms with Crippen molar-refractivity contribution >= 4 is 16.7 Å². The predicted octanol–water partition coefficient (Wildman–Crippen LogP) is 3.15. The van der Waals surface area contributed by atoms with Crippen molar-refractivity contribution in [2.24, 2.45) is 0 Å². The van der Waals surface area contributed by atoms with Crippen molar-refractivity contribution in [3.63, 3.8) is 0 Å². The van der Waals surface area contributed by atoms with Gasteiger partial charge < -0.3 is 4.90 Å². The second-order valence-corrected chi connectivity index (χ2v) is 4.90. The zero-order valence-corrected chi connectivity index (χ0v) is 10.4. The molecular formula is C14H16FN3. The van der Waals surface area contributed by atoms with E-state index in [4.69, 9.17) is 0 Å². The maximum Gasteiger partial charge on any atom is 0.140 e.